The third kappa shape index (κ3) is 2.51. The van der Waals surface area contributed by atoms with E-state index in [1.54, 1.807) is 0 Å². The van der Waals surface area contributed by atoms with Gasteiger partial charge in [-0.15, -0.1) is 0 Å². The van der Waals surface area contributed by atoms with Gasteiger partial charge < -0.3 is 10.1 Å². The number of nitrogens with zero attached hydrogens (tertiary/aromatic N) is 1. The second kappa shape index (κ2) is 4.87. The summed E-state index contributed by atoms with van der Waals surface area (Å²) in [6, 6.07) is 0.672. The monoisotopic (exact) mass is 238 g/mol. The summed E-state index contributed by atoms with van der Waals surface area (Å²) in [5.41, 5.74) is 0.450. The summed E-state index contributed by atoms with van der Waals surface area (Å²) >= 11 is 0. The Hall–Kier alpha value is -0.120. The van der Waals surface area contributed by atoms with E-state index in [4.69, 9.17) is 4.74 Å². The van der Waals surface area contributed by atoms with Crippen molar-refractivity contribution in [3.63, 3.8) is 0 Å². The normalized spacial score (nSPS) is 37.9. The minimum Gasteiger partial charge on any atom is -0.377 e. The van der Waals surface area contributed by atoms with Crippen LogP contribution in [0.2, 0.25) is 0 Å². The topological polar surface area (TPSA) is 24.5 Å². The standard InChI is InChI=1S/C14H26N2O/c1-12-9-15-14(6-2-3-7-14)11-16(12)10-13-5-4-8-17-13/h12-13,15H,2-11H2,1H3. The Morgan fingerprint density at radius 1 is 1.29 bits per heavy atom. The Labute approximate surface area is 105 Å². The van der Waals surface area contributed by atoms with E-state index in [9.17, 15) is 0 Å². The van der Waals surface area contributed by atoms with Crippen LogP contribution < -0.4 is 5.32 Å². The van der Waals surface area contributed by atoms with Crippen molar-refractivity contribution in [3.8, 4) is 0 Å². The highest BCUT2D eigenvalue weighted by molar-refractivity contribution is 5.00. The van der Waals surface area contributed by atoms with Gasteiger partial charge in [0.1, 0.15) is 0 Å². The van der Waals surface area contributed by atoms with E-state index in [0.29, 0.717) is 17.7 Å². The van der Waals surface area contributed by atoms with E-state index < -0.39 is 0 Å². The van der Waals surface area contributed by atoms with Gasteiger partial charge in [0, 0.05) is 37.8 Å². The lowest BCUT2D eigenvalue weighted by Crippen LogP contribution is -2.63. The molecule has 2 heterocycles. The lowest BCUT2D eigenvalue weighted by molar-refractivity contribution is 0.0252. The fourth-order valence-electron chi connectivity index (χ4n) is 3.77. The molecule has 2 aliphatic heterocycles. The van der Waals surface area contributed by atoms with Gasteiger partial charge in [0.15, 0.2) is 0 Å². The maximum absolute atomic E-state index is 5.79. The van der Waals surface area contributed by atoms with Gasteiger partial charge in [-0.25, -0.2) is 0 Å². The molecule has 0 aromatic rings. The Balaban J connectivity index is 1.60. The van der Waals surface area contributed by atoms with Crippen molar-refractivity contribution in [1.29, 1.82) is 0 Å². The van der Waals surface area contributed by atoms with Crippen molar-refractivity contribution in [2.45, 2.75) is 63.1 Å². The zero-order valence-electron chi connectivity index (χ0n) is 11.1. The van der Waals surface area contributed by atoms with Crippen LogP contribution in [0.3, 0.4) is 0 Å². The molecule has 0 radical (unpaired) electrons. The lowest BCUT2D eigenvalue weighted by Gasteiger charge is -2.46. The van der Waals surface area contributed by atoms with Gasteiger partial charge in [0.2, 0.25) is 0 Å². The van der Waals surface area contributed by atoms with Gasteiger partial charge in [-0.05, 0) is 32.6 Å². The van der Waals surface area contributed by atoms with E-state index in [1.165, 1.54) is 45.1 Å². The van der Waals surface area contributed by atoms with Crippen molar-refractivity contribution in [2.75, 3.05) is 26.2 Å². The van der Waals surface area contributed by atoms with E-state index >= 15 is 0 Å². The highest BCUT2D eigenvalue weighted by atomic mass is 16.5. The van der Waals surface area contributed by atoms with Crippen LogP contribution in [0.15, 0.2) is 0 Å². The first-order valence-electron chi connectivity index (χ1n) is 7.38. The maximum atomic E-state index is 5.79. The summed E-state index contributed by atoms with van der Waals surface area (Å²) in [4.78, 5) is 2.68. The van der Waals surface area contributed by atoms with Crippen LogP contribution in [0.1, 0.15) is 45.4 Å². The van der Waals surface area contributed by atoms with Gasteiger partial charge in [-0.2, -0.15) is 0 Å². The van der Waals surface area contributed by atoms with Gasteiger partial charge in [0.25, 0.3) is 0 Å². The predicted molar refractivity (Wildman–Crippen MR) is 69.2 cm³/mol. The molecule has 0 bridgehead atoms. The molecule has 3 fully saturated rings. The molecule has 1 aliphatic carbocycles. The number of hydrogen-bond acceptors (Lipinski definition) is 3. The molecule has 0 aromatic carbocycles. The average molecular weight is 238 g/mol. The van der Waals surface area contributed by atoms with Crippen molar-refractivity contribution in [1.82, 2.24) is 10.2 Å². The molecule has 1 N–H and O–H groups in total. The highest BCUT2D eigenvalue weighted by Crippen LogP contribution is 2.33. The molecule has 1 saturated carbocycles. The molecule has 98 valence electrons. The largest absolute Gasteiger partial charge is 0.377 e. The van der Waals surface area contributed by atoms with Crippen molar-refractivity contribution < 1.29 is 4.74 Å². The van der Waals surface area contributed by atoms with E-state index in [2.05, 4.69) is 17.1 Å². The smallest absolute Gasteiger partial charge is 0.0702 e. The second-order valence-electron chi connectivity index (χ2n) is 6.28. The molecule has 1 spiro atoms. The van der Waals surface area contributed by atoms with Crippen LogP contribution in [0.4, 0.5) is 0 Å². The number of piperazine rings is 1. The molecule has 3 rings (SSSR count). The summed E-state index contributed by atoms with van der Waals surface area (Å²) in [5.74, 6) is 0. The molecular formula is C14H26N2O. The van der Waals surface area contributed by atoms with E-state index in [0.717, 1.165) is 19.7 Å². The first-order chi connectivity index (χ1) is 8.27. The highest BCUT2D eigenvalue weighted by Gasteiger charge is 2.40. The molecule has 17 heavy (non-hydrogen) atoms. The van der Waals surface area contributed by atoms with Crippen molar-refractivity contribution in [3.05, 3.63) is 0 Å². The predicted octanol–water partition coefficient (Wildman–Crippen LogP) is 1.77. The second-order valence-corrected chi connectivity index (χ2v) is 6.28. The number of hydrogen-bond donors (Lipinski definition) is 1. The number of nitrogens with one attached hydrogen (secondary N) is 1. The molecule has 3 nitrogen and oxygen atoms in total. The zero-order chi connectivity index (χ0) is 11.7. The fraction of sp³-hybridized carbons (Fsp3) is 1.00. The molecule has 0 amide bonds. The third-order valence-corrected chi connectivity index (χ3v) is 4.92. The summed E-state index contributed by atoms with van der Waals surface area (Å²) in [6.45, 7) is 6.89. The molecule has 3 heteroatoms. The van der Waals surface area contributed by atoms with Gasteiger partial charge in [-0.3, -0.25) is 4.90 Å². The first-order valence-corrected chi connectivity index (χ1v) is 7.38. The van der Waals surface area contributed by atoms with Crippen LogP contribution in [0.5, 0.6) is 0 Å². The maximum Gasteiger partial charge on any atom is 0.0702 e. The minimum atomic E-state index is 0.450. The molecule has 2 unspecified atom stereocenters. The third-order valence-electron chi connectivity index (χ3n) is 4.92. The molecule has 3 aliphatic rings. The molecule has 0 aromatic heterocycles. The Morgan fingerprint density at radius 2 is 2.12 bits per heavy atom. The Kier molecular flexibility index (Phi) is 3.42. The SMILES string of the molecule is CC1CNC2(CCCC2)CN1CC1CCCO1. The molecule has 2 atom stereocenters. The summed E-state index contributed by atoms with van der Waals surface area (Å²) in [6.07, 6.45) is 8.61. The van der Waals surface area contributed by atoms with Crippen LogP contribution in [-0.4, -0.2) is 48.8 Å². The quantitative estimate of drug-likeness (QED) is 0.793. The lowest BCUT2D eigenvalue weighted by atomic mass is 9.92. The Morgan fingerprint density at radius 3 is 2.82 bits per heavy atom. The van der Waals surface area contributed by atoms with Gasteiger partial charge in [0.05, 0.1) is 6.10 Å². The van der Waals surface area contributed by atoms with Crippen molar-refractivity contribution in [2.24, 2.45) is 0 Å². The van der Waals surface area contributed by atoms with Gasteiger partial charge in [-0.1, -0.05) is 12.8 Å². The van der Waals surface area contributed by atoms with Gasteiger partial charge >= 0.3 is 0 Å². The average Bonchev–Trinajstić information content (AvgIpc) is 2.96. The number of rotatable bonds is 2. The summed E-state index contributed by atoms with van der Waals surface area (Å²) in [7, 11) is 0. The molecule has 2 saturated heterocycles. The number of ether oxygens (including phenoxy) is 1. The van der Waals surface area contributed by atoms with E-state index in [1.807, 2.05) is 0 Å². The van der Waals surface area contributed by atoms with Crippen molar-refractivity contribution >= 4 is 0 Å². The van der Waals surface area contributed by atoms with E-state index in [-0.39, 0.29) is 0 Å². The van der Waals surface area contributed by atoms with Crippen LogP contribution in [0.25, 0.3) is 0 Å². The zero-order valence-corrected chi connectivity index (χ0v) is 11.1. The molecular weight excluding hydrogens is 212 g/mol. The Bertz CT molecular complexity index is 257. The summed E-state index contributed by atoms with van der Waals surface area (Å²) < 4.78 is 5.79. The van der Waals surface area contributed by atoms with Crippen LogP contribution >= 0.6 is 0 Å². The summed E-state index contributed by atoms with van der Waals surface area (Å²) in [5, 5.41) is 3.82. The van der Waals surface area contributed by atoms with Crippen LogP contribution in [0, 0.1) is 0 Å². The fourth-order valence-corrected chi connectivity index (χ4v) is 3.77. The van der Waals surface area contributed by atoms with Crippen LogP contribution in [-0.2, 0) is 4.74 Å². The first kappa shape index (κ1) is 11.9. The minimum absolute atomic E-state index is 0.450.